The van der Waals surface area contributed by atoms with Crippen molar-refractivity contribution in [2.75, 3.05) is 26.7 Å². The van der Waals surface area contributed by atoms with E-state index < -0.39 is 0 Å². The van der Waals surface area contributed by atoms with E-state index >= 15 is 0 Å². The highest BCUT2D eigenvalue weighted by molar-refractivity contribution is 9.10. The molecule has 100 valence electrons. The zero-order valence-electron chi connectivity index (χ0n) is 11.2. The number of aromatic nitrogens is 1. The zero-order chi connectivity index (χ0) is 13.3. The maximum absolute atomic E-state index is 12.5. The lowest BCUT2D eigenvalue weighted by Gasteiger charge is -2.39. The number of hydrogen-bond donors (Lipinski definition) is 0. The second-order valence-corrected chi connectivity index (χ2v) is 5.86. The van der Waals surface area contributed by atoms with Crippen LogP contribution >= 0.6 is 15.9 Å². The van der Waals surface area contributed by atoms with Crippen LogP contribution in [0.25, 0.3) is 0 Å². The van der Waals surface area contributed by atoms with Crippen LogP contribution < -0.4 is 0 Å². The molecule has 1 amide bonds. The van der Waals surface area contributed by atoms with E-state index in [1.165, 1.54) is 0 Å². The molecule has 5 heteroatoms. The van der Waals surface area contributed by atoms with Gasteiger partial charge in [0, 0.05) is 43.4 Å². The number of carbonyl (C=O) groups excluding carboxylic acids is 1. The monoisotopic (exact) mass is 313 g/mol. The van der Waals surface area contributed by atoms with Crippen LogP contribution in [-0.4, -0.2) is 53.0 Å². The normalized spacial score (nSPS) is 21.3. The first-order chi connectivity index (χ1) is 8.52. The van der Waals surface area contributed by atoms with Gasteiger partial charge < -0.3 is 9.47 Å². The summed E-state index contributed by atoms with van der Waals surface area (Å²) >= 11 is 3.41. The Kier molecular flexibility index (Phi) is 4.12. The molecule has 1 aliphatic heterocycles. The van der Waals surface area contributed by atoms with E-state index in [1.54, 1.807) is 0 Å². The van der Waals surface area contributed by atoms with Crippen molar-refractivity contribution < 1.29 is 4.79 Å². The molecule has 0 bridgehead atoms. The molecule has 1 atom stereocenters. The average Bonchev–Trinajstić information content (AvgIpc) is 2.68. The molecule has 1 saturated heterocycles. The van der Waals surface area contributed by atoms with E-state index in [0.717, 1.165) is 36.2 Å². The van der Waals surface area contributed by atoms with Gasteiger partial charge in [0.05, 0.1) is 0 Å². The third-order valence-electron chi connectivity index (χ3n) is 3.73. The Morgan fingerprint density at radius 1 is 1.44 bits per heavy atom. The first-order valence-corrected chi connectivity index (χ1v) is 7.13. The molecular weight excluding hydrogens is 294 g/mol. The number of amides is 1. The van der Waals surface area contributed by atoms with E-state index in [-0.39, 0.29) is 5.91 Å². The molecular formula is C13H20BrN3O. The Balaban J connectivity index is 2.12. The lowest BCUT2D eigenvalue weighted by molar-refractivity contribution is 0.0533. The van der Waals surface area contributed by atoms with Crippen molar-refractivity contribution in [2.24, 2.45) is 7.05 Å². The summed E-state index contributed by atoms with van der Waals surface area (Å²) in [6.07, 6.45) is 3.00. The van der Waals surface area contributed by atoms with E-state index in [4.69, 9.17) is 0 Å². The van der Waals surface area contributed by atoms with Gasteiger partial charge in [-0.3, -0.25) is 9.69 Å². The summed E-state index contributed by atoms with van der Waals surface area (Å²) in [6.45, 7) is 4.77. The molecule has 0 saturated carbocycles. The fraction of sp³-hybridized carbons (Fsp3) is 0.615. The highest BCUT2D eigenvalue weighted by Gasteiger charge is 2.27. The van der Waals surface area contributed by atoms with Gasteiger partial charge >= 0.3 is 0 Å². The van der Waals surface area contributed by atoms with Gasteiger partial charge in [-0.25, -0.2) is 0 Å². The standard InChI is InChI=1S/C13H20BrN3O/c1-4-11-9-17(6-5-15(11)2)13(18)12-7-10(14)8-16(12)3/h7-8,11H,4-6,9H2,1-3H3. The van der Waals surface area contributed by atoms with Gasteiger partial charge in [-0.2, -0.15) is 0 Å². The van der Waals surface area contributed by atoms with Gasteiger partial charge in [0.2, 0.25) is 0 Å². The van der Waals surface area contributed by atoms with Crippen molar-refractivity contribution in [3.05, 3.63) is 22.4 Å². The van der Waals surface area contributed by atoms with Crippen LogP contribution in [0.3, 0.4) is 0 Å². The third kappa shape index (κ3) is 2.62. The summed E-state index contributed by atoms with van der Waals surface area (Å²) in [4.78, 5) is 16.8. The Hall–Kier alpha value is -0.810. The maximum Gasteiger partial charge on any atom is 0.270 e. The summed E-state index contributed by atoms with van der Waals surface area (Å²) in [7, 11) is 4.04. The van der Waals surface area contributed by atoms with Crippen LogP contribution in [0.4, 0.5) is 0 Å². The van der Waals surface area contributed by atoms with Crippen LogP contribution in [0.5, 0.6) is 0 Å². The number of aryl methyl sites for hydroxylation is 1. The molecule has 1 aromatic heterocycles. The van der Waals surface area contributed by atoms with Crippen molar-refractivity contribution >= 4 is 21.8 Å². The van der Waals surface area contributed by atoms with Crippen molar-refractivity contribution in [2.45, 2.75) is 19.4 Å². The minimum absolute atomic E-state index is 0.134. The molecule has 0 N–H and O–H groups in total. The lowest BCUT2D eigenvalue weighted by Crippen LogP contribution is -2.53. The van der Waals surface area contributed by atoms with Gasteiger partial charge in [-0.1, -0.05) is 6.92 Å². The van der Waals surface area contributed by atoms with Crippen molar-refractivity contribution in [1.29, 1.82) is 0 Å². The molecule has 0 aromatic carbocycles. The number of carbonyl (C=O) groups is 1. The van der Waals surface area contributed by atoms with Crippen molar-refractivity contribution in [3.8, 4) is 0 Å². The largest absolute Gasteiger partial charge is 0.345 e. The number of halogens is 1. The van der Waals surface area contributed by atoms with E-state index in [2.05, 4.69) is 34.8 Å². The minimum Gasteiger partial charge on any atom is -0.345 e. The lowest BCUT2D eigenvalue weighted by atomic mass is 10.1. The van der Waals surface area contributed by atoms with Crippen LogP contribution in [0, 0.1) is 0 Å². The zero-order valence-corrected chi connectivity index (χ0v) is 12.8. The van der Waals surface area contributed by atoms with Gasteiger partial charge in [0.25, 0.3) is 5.91 Å². The van der Waals surface area contributed by atoms with Crippen LogP contribution in [0.2, 0.25) is 0 Å². The molecule has 18 heavy (non-hydrogen) atoms. The molecule has 0 aliphatic carbocycles. The Labute approximate surface area is 117 Å². The predicted octanol–water partition coefficient (Wildman–Crippen LogP) is 1.95. The highest BCUT2D eigenvalue weighted by atomic mass is 79.9. The number of nitrogens with zero attached hydrogens (tertiary/aromatic N) is 3. The molecule has 1 aliphatic rings. The Bertz CT molecular complexity index is 443. The van der Waals surface area contributed by atoms with E-state index in [9.17, 15) is 4.79 Å². The average molecular weight is 314 g/mol. The second-order valence-electron chi connectivity index (χ2n) is 4.95. The van der Waals surface area contributed by atoms with Gasteiger partial charge in [-0.15, -0.1) is 0 Å². The molecule has 1 unspecified atom stereocenters. The quantitative estimate of drug-likeness (QED) is 0.835. The molecule has 2 rings (SSSR count). The first-order valence-electron chi connectivity index (χ1n) is 6.34. The van der Waals surface area contributed by atoms with E-state index in [0.29, 0.717) is 6.04 Å². The fourth-order valence-electron chi connectivity index (χ4n) is 2.47. The smallest absolute Gasteiger partial charge is 0.270 e. The van der Waals surface area contributed by atoms with Crippen LogP contribution in [0.15, 0.2) is 16.7 Å². The van der Waals surface area contributed by atoms with Crippen molar-refractivity contribution in [3.63, 3.8) is 0 Å². The summed E-state index contributed by atoms with van der Waals surface area (Å²) in [5.41, 5.74) is 0.751. The third-order valence-corrected chi connectivity index (χ3v) is 4.16. The molecule has 0 spiro atoms. The second kappa shape index (κ2) is 5.45. The van der Waals surface area contributed by atoms with Gasteiger partial charge in [-0.05, 0) is 35.5 Å². The van der Waals surface area contributed by atoms with Crippen LogP contribution in [0.1, 0.15) is 23.8 Å². The topological polar surface area (TPSA) is 28.5 Å². The van der Waals surface area contributed by atoms with Gasteiger partial charge in [0.15, 0.2) is 0 Å². The van der Waals surface area contributed by atoms with E-state index in [1.807, 2.05) is 28.8 Å². The molecule has 1 aromatic rings. The van der Waals surface area contributed by atoms with Crippen LogP contribution in [-0.2, 0) is 7.05 Å². The summed E-state index contributed by atoms with van der Waals surface area (Å²) in [6, 6.07) is 2.37. The summed E-state index contributed by atoms with van der Waals surface area (Å²) in [5, 5.41) is 0. The summed E-state index contributed by atoms with van der Waals surface area (Å²) in [5.74, 6) is 0.134. The summed E-state index contributed by atoms with van der Waals surface area (Å²) < 4.78 is 2.83. The van der Waals surface area contributed by atoms with Crippen molar-refractivity contribution in [1.82, 2.24) is 14.4 Å². The SMILES string of the molecule is CCC1CN(C(=O)c2cc(Br)cn2C)CCN1C. The minimum atomic E-state index is 0.134. The molecule has 1 fully saturated rings. The number of likely N-dealkylation sites (N-methyl/N-ethyl adjacent to an activating group) is 1. The Morgan fingerprint density at radius 2 is 2.17 bits per heavy atom. The Morgan fingerprint density at radius 3 is 2.72 bits per heavy atom. The molecule has 0 radical (unpaired) electrons. The number of hydrogen-bond acceptors (Lipinski definition) is 2. The highest BCUT2D eigenvalue weighted by Crippen LogP contribution is 2.18. The first kappa shape index (κ1) is 13.6. The maximum atomic E-state index is 12.5. The fourth-order valence-corrected chi connectivity index (χ4v) is 2.99. The number of piperazine rings is 1. The van der Waals surface area contributed by atoms with Gasteiger partial charge in [0.1, 0.15) is 5.69 Å². The molecule has 4 nitrogen and oxygen atoms in total. The predicted molar refractivity (Wildman–Crippen MR) is 75.7 cm³/mol. The number of rotatable bonds is 2. The molecule has 2 heterocycles.